The fraction of sp³-hybridized carbons (Fsp3) is 0.250. The second-order valence-electron chi connectivity index (χ2n) is 5.89. The lowest BCUT2D eigenvalue weighted by molar-refractivity contribution is -0.117. The minimum absolute atomic E-state index is 0.101. The third-order valence-corrected chi connectivity index (χ3v) is 4.26. The van der Waals surface area contributed by atoms with Gasteiger partial charge in [-0.3, -0.25) is 4.79 Å². The maximum absolute atomic E-state index is 12.5. The highest BCUT2D eigenvalue weighted by Crippen LogP contribution is 2.27. The second-order valence-corrected chi connectivity index (χ2v) is 5.89. The number of amides is 1. The Morgan fingerprint density at radius 2 is 2.04 bits per heavy atom. The van der Waals surface area contributed by atoms with Crippen LogP contribution in [0.2, 0.25) is 0 Å². The number of ether oxygens (including phenoxy) is 1. The molecule has 1 aliphatic rings. The first-order valence-corrected chi connectivity index (χ1v) is 8.31. The minimum atomic E-state index is -0.261. The molecule has 128 valence electrons. The summed E-state index contributed by atoms with van der Waals surface area (Å²) in [6, 6.07) is 11.5. The van der Waals surface area contributed by atoms with Crippen LogP contribution < -0.4 is 5.32 Å². The number of nitrogens with zero attached hydrogens (tertiary/aromatic N) is 2. The predicted octanol–water partition coefficient (Wildman–Crippen LogP) is 3.93. The van der Waals surface area contributed by atoms with Crippen molar-refractivity contribution < 1.29 is 9.53 Å². The molecule has 5 heteroatoms. The zero-order valence-corrected chi connectivity index (χ0v) is 14.4. The number of methoxy groups -OCH3 is 1. The molecule has 3 rings (SSSR count). The van der Waals surface area contributed by atoms with Crippen LogP contribution in [0.5, 0.6) is 0 Å². The van der Waals surface area contributed by atoms with Crippen LogP contribution in [0.15, 0.2) is 60.6 Å². The Kier molecular flexibility index (Phi) is 5.23. The van der Waals surface area contributed by atoms with E-state index in [-0.39, 0.29) is 11.8 Å². The van der Waals surface area contributed by atoms with Gasteiger partial charge in [-0.25, -0.2) is 9.97 Å². The smallest absolute Gasteiger partial charge is 0.232 e. The number of aromatic nitrogens is 2. The predicted molar refractivity (Wildman–Crippen MR) is 97.8 cm³/mol. The summed E-state index contributed by atoms with van der Waals surface area (Å²) in [7, 11) is 1.67. The van der Waals surface area contributed by atoms with Gasteiger partial charge >= 0.3 is 0 Å². The largest absolute Gasteiger partial charge is 0.500 e. The molecule has 0 saturated carbocycles. The van der Waals surface area contributed by atoms with E-state index in [1.54, 1.807) is 13.2 Å². The molecular weight excluding hydrogens is 314 g/mol. The maximum Gasteiger partial charge on any atom is 0.232 e. The summed E-state index contributed by atoms with van der Waals surface area (Å²) in [5.41, 5.74) is 2.64. The van der Waals surface area contributed by atoms with Gasteiger partial charge < -0.3 is 10.1 Å². The topological polar surface area (TPSA) is 64.1 Å². The molecule has 0 unspecified atom stereocenters. The minimum Gasteiger partial charge on any atom is -0.500 e. The molecule has 1 N–H and O–H groups in total. The Labute approximate surface area is 147 Å². The molecule has 0 aliphatic heterocycles. The number of rotatable bonds is 5. The number of hydrogen-bond acceptors (Lipinski definition) is 4. The van der Waals surface area contributed by atoms with Gasteiger partial charge in [-0.2, -0.15) is 0 Å². The average molecular weight is 335 g/mol. The van der Waals surface area contributed by atoms with Crippen LogP contribution in [-0.2, 0) is 9.53 Å². The lowest BCUT2D eigenvalue weighted by Crippen LogP contribution is -2.19. The van der Waals surface area contributed by atoms with Gasteiger partial charge in [-0.1, -0.05) is 42.5 Å². The fourth-order valence-corrected chi connectivity index (χ4v) is 2.78. The van der Waals surface area contributed by atoms with E-state index in [1.807, 2.05) is 43.3 Å². The van der Waals surface area contributed by atoms with Crippen molar-refractivity contribution in [1.82, 2.24) is 9.97 Å². The van der Waals surface area contributed by atoms with Crippen LogP contribution in [0.1, 0.15) is 36.9 Å². The van der Waals surface area contributed by atoms with E-state index in [0.29, 0.717) is 5.82 Å². The van der Waals surface area contributed by atoms with Gasteiger partial charge in [0.15, 0.2) is 0 Å². The molecule has 0 bridgehead atoms. The van der Waals surface area contributed by atoms with E-state index in [2.05, 4.69) is 21.4 Å². The van der Waals surface area contributed by atoms with Crippen molar-refractivity contribution in [2.75, 3.05) is 12.4 Å². The Bertz CT molecular complexity index is 813. The Balaban J connectivity index is 1.79. The Morgan fingerprint density at radius 1 is 1.24 bits per heavy atom. The van der Waals surface area contributed by atoms with Gasteiger partial charge in [0.25, 0.3) is 0 Å². The molecule has 1 aromatic carbocycles. The lowest BCUT2D eigenvalue weighted by atomic mass is 10.0. The standard InChI is InChI=1S/C20H21N3O2/c1-14(15-8-4-3-5-9-15)20(24)23-19-12-17(21-13-22-19)16-10-6-7-11-18(16)25-2/h3-6,8-10,12-14H,7,11H2,1-2H3,(H,21,22,23,24)/t14-/m1/s1. The SMILES string of the molecule is COC1=C(c2cc(NC(=O)[C@H](C)c3ccccc3)ncn2)C=CCC1. The molecule has 25 heavy (non-hydrogen) atoms. The van der Waals surface area contributed by atoms with Crippen LogP contribution in [0.3, 0.4) is 0 Å². The van der Waals surface area contributed by atoms with E-state index >= 15 is 0 Å². The van der Waals surface area contributed by atoms with Crippen molar-refractivity contribution in [2.45, 2.75) is 25.7 Å². The quantitative estimate of drug-likeness (QED) is 0.899. The van der Waals surface area contributed by atoms with Crippen molar-refractivity contribution in [2.24, 2.45) is 0 Å². The van der Waals surface area contributed by atoms with E-state index in [9.17, 15) is 4.79 Å². The summed E-state index contributed by atoms with van der Waals surface area (Å²) >= 11 is 0. The summed E-state index contributed by atoms with van der Waals surface area (Å²) in [5, 5.41) is 2.87. The van der Waals surface area contributed by atoms with Crippen LogP contribution in [0, 0.1) is 0 Å². The molecule has 1 heterocycles. The molecule has 1 amide bonds. The summed E-state index contributed by atoms with van der Waals surface area (Å²) in [5.74, 6) is 1.02. The molecule has 0 radical (unpaired) electrons. The van der Waals surface area contributed by atoms with Crippen molar-refractivity contribution in [3.05, 3.63) is 71.9 Å². The highest BCUT2D eigenvalue weighted by Gasteiger charge is 2.17. The van der Waals surface area contributed by atoms with Crippen molar-refractivity contribution >= 4 is 17.3 Å². The Hall–Kier alpha value is -2.95. The number of benzene rings is 1. The first kappa shape index (κ1) is 16.9. The molecule has 5 nitrogen and oxygen atoms in total. The first-order chi connectivity index (χ1) is 12.2. The van der Waals surface area contributed by atoms with Crippen molar-refractivity contribution in [3.63, 3.8) is 0 Å². The number of anilines is 1. The summed E-state index contributed by atoms with van der Waals surface area (Å²) in [4.78, 5) is 21.0. The van der Waals surface area contributed by atoms with E-state index < -0.39 is 0 Å². The van der Waals surface area contributed by atoms with E-state index in [0.717, 1.165) is 35.4 Å². The summed E-state index contributed by atoms with van der Waals surface area (Å²) in [6.07, 6.45) is 7.36. The highest BCUT2D eigenvalue weighted by molar-refractivity contribution is 5.95. The monoisotopic (exact) mass is 335 g/mol. The van der Waals surface area contributed by atoms with E-state index in [4.69, 9.17) is 4.74 Å². The zero-order chi connectivity index (χ0) is 17.6. The third kappa shape index (κ3) is 3.94. The number of carbonyl (C=O) groups is 1. The number of nitrogens with one attached hydrogen (secondary N) is 1. The number of allylic oxidation sites excluding steroid dienone is 4. The molecule has 1 atom stereocenters. The Morgan fingerprint density at radius 3 is 2.80 bits per heavy atom. The van der Waals surface area contributed by atoms with Gasteiger partial charge in [0, 0.05) is 18.1 Å². The second kappa shape index (κ2) is 7.75. The highest BCUT2D eigenvalue weighted by atomic mass is 16.5. The average Bonchev–Trinajstić information content (AvgIpc) is 2.68. The molecular formula is C20H21N3O2. The fourth-order valence-electron chi connectivity index (χ4n) is 2.78. The maximum atomic E-state index is 12.5. The van der Waals surface area contributed by atoms with Crippen LogP contribution in [-0.4, -0.2) is 23.0 Å². The molecule has 0 fully saturated rings. The van der Waals surface area contributed by atoms with Crippen LogP contribution in [0.4, 0.5) is 5.82 Å². The van der Waals surface area contributed by atoms with Gasteiger partial charge in [0.1, 0.15) is 17.9 Å². The zero-order valence-electron chi connectivity index (χ0n) is 14.4. The van der Waals surface area contributed by atoms with Crippen LogP contribution in [0.25, 0.3) is 5.57 Å². The van der Waals surface area contributed by atoms with Crippen molar-refractivity contribution in [1.29, 1.82) is 0 Å². The molecule has 2 aromatic rings. The number of carbonyl (C=O) groups excluding carboxylic acids is 1. The third-order valence-electron chi connectivity index (χ3n) is 4.26. The first-order valence-electron chi connectivity index (χ1n) is 8.31. The van der Waals surface area contributed by atoms with Gasteiger partial charge in [-0.15, -0.1) is 0 Å². The molecule has 0 spiro atoms. The van der Waals surface area contributed by atoms with Crippen LogP contribution >= 0.6 is 0 Å². The van der Waals surface area contributed by atoms with Gasteiger partial charge in [0.2, 0.25) is 5.91 Å². The molecule has 1 aromatic heterocycles. The summed E-state index contributed by atoms with van der Waals surface area (Å²) < 4.78 is 5.46. The molecule has 0 saturated heterocycles. The number of hydrogen-bond donors (Lipinski definition) is 1. The normalized spacial score (nSPS) is 15.0. The van der Waals surface area contributed by atoms with Gasteiger partial charge in [0.05, 0.1) is 18.7 Å². The summed E-state index contributed by atoms with van der Waals surface area (Å²) in [6.45, 7) is 1.88. The van der Waals surface area contributed by atoms with E-state index in [1.165, 1.54) is 6.33 Å². The van der Waals surface area contributed by atoms with Gasteiger partial charge in [-0.05, 0) is 18.9 Å². The molecule has 1 aliphatic carbocycles. The van der Waals surface area contributed by atoms with Crippen molar-refractivity contribution in [3.8, 4) is 0 Å². The lowest BCUT2D eigenvalue weighted by Gasteiger charge is -2.15.